The van der Waals surface area contributed by atoms with Gasteiger partial charge < -0.3 is 5.32 Å². The molecule has 0 bridgehead atoms. The highest BCUT2D eigenvalue weighted by molar-refractivity contribution is 5.94. The van der Waals surface area contributed by atoms with Gasteiger partial charge in [0.05, 0.1) is 11.3 Å². The van der Waals surface area contributed by atoms with Gasteiger partial charge in [-0.25, -0.2) is 4.39 Å². The number of carbonyl (C=O) groups is 1. The van der Waals surface area contributed by atoms with Gasteiger partial charge in [0.2, 0.25) is 0 Å². The van der Waals surface area contributed by atoms with Crippen molar-refractivity contribution in [2.75, 3.05) is 0 Å². The van der Waals surface area contributed by atoms with Crippen LogP contribution in [-0.2, 0) is 13.6 Å². The van der Waals surface area contributed by atoms with Gasteiger partial charge in [-0.15, -0.1) is 0 Å². The third-order valence-electron chi connectivity index (χ3n) is 3.52. The van der Waals surface area contributed by atoms with E-state index in [-0.39, 0.29) is 5.56 Å². The van der Waals surface area contributed by atoms with Crippen molar-refractivity contribution in [1.29, 1.82) is 0 Å². The average Bonchev–Trinajstić information content (AvgIpc) is 2.64. The molecule has 106 valence electrons. The zero-order valence-corrected chi connectivity index (χ0v) is 12.1. The zero-order chi connectivity index (χ0) is 14.9. The number of rotatable bonds is 3. The summed E-state index contributed by atoms with van der Waals surface area (Å²) in [6.07, 6.45) is 0. The topological polar surface area (TPSA) is 46.9 Å². The molecule has 2 aromatic rings. The number of hydrogen-bond acceptors (Lipinski definition) is 2. The Labute approximate surface area is 117 Å². The first kappa shape index (κ1) is 14.2. The van der Waals surface area contributed by atoms with Crippen LogP contribution in [0.15, 0.2) is 18.2 Å². The third-order valence-corrected chi connectivity index (χ3v) is 3.52. The summed E-state index contributed by atoms with van der Waals surface area (Å²) in [6, 6.07) is 4.80. The summed E-state index contributed by atoms with van der Waals surface area (Å²) in [5, 5.41) is 7.03. The van der Waals surface area contributed by atoms with Crippen LogP contribution in [0.5, 0.6) is 0 Å². The van der Waals surface area contributed by atoms with Gasteiger partial charge in [-0.3, -0.25) is 9.48 Å². The van der Waals surface area contributed by atoms with E-state index < -0.39 is 11.7 Å². The molecule has 0 unspecified atom stereocenters. The number of amides is 1. The number of aryl methyl sites for hydroxylation is 3. The molecule has 1 N–H and O–H groups in total. The van der Waals surface area contributed by atoms with Gasteiger partial charge in [0.1, 0.15) is 5.82 Å². The van der Waals surface area contributed by atoms with Crippen LogP contribution in [0, 0.1) is 26.6 Å². The van der Waals surface area contributed by atoms with Gasteiger partial charge in [-0.1, -0.05) is 12.1 Å². The Morgan fingerprint density at radius 2 is 2.05 bits per heavy atom. The second-order valence-electron chi connectivity index (χ2n) is 4.89. The molecule has 1 aromatic heterocycles. The van der Waals surface area contributed by atoms with Gasteiger partial charge in [0, 0.05) is 24.8 Å². The molecule has 0 spiro atoms. The monoisotopic (exact) mass is 275 g/mol. The van der Waals surface area contributed by atoms with Crippen molar-refractivity contribution >= 4 is 5.91 Å². The van der Waals surface area contributed by atoms with Crippen molar-refractivity contribution in [2.45, 2.75) is 27.3 Å². The number of nitrogens with zero attached hydrogens (tertiary/aromatic N) is 2. The summed E-state index contributed by atoms with van der Waals surface area (Å²) in [5.74, 6) is -0.876. The van der Waals surface area contributed by atoms with Gasteiger partial charge >= 0.3 is 0 Å². The molecular weight excluding hydrogens is 257 g/mol. The fraction of sp³-hybridized carbons (Fsp3) is 0.333. The number of halogens is 1. The number of carbonyl (C=O) groups excluding carboxylic acids is 1. The van der Waals surface area contributed by atoms with E-state index in [0.717, 1.165) is 17.0 Å². The van der Waals surface area contributed by atoms with E-state index in [9.17, 15) is 9.18 Å². The number of hydrogen-bond donors (Lipinski definition) is 1. The summed E-state index contributed by atoms with van der Waals surface area (Å²) in [7, 11) is 1.86. The summed E-state index contributed by atoms with van der Waals surface area (Å²) < 4.78 is 15.6. The zero-order valence-electron chi connectivity index (χ0n) is 12.1. The first-order chi connectivity index (χ1) is 9.41. The molecular formula is C15H18FN3O. The molecule has 0 aliphatic heterocycles. The maximum absolute atomic E-state index is 13.9. The second kappa shape index (κ2) is 5.45. The van der Waals surface area contributed by atoms with E-state index in [4.69, 9.17) is 0 Å². The fourth-order valence-electron chi connectivity index (χ4n) is 2.16. The summed E-state index contributed by atoms with van der Waals surface area (Å²) in [6.45, 7) is 5.82. The number of benzene rings is 1. The first-order valence-corrected chi connectivity index (χ1v) is 6.44. The van der Waals surface area contributed by atoms with Crippen molar-refractivity contribution in [3.05, 3.63) is 52.1 Å². The normalized spacial score (nSPS) is 10.7. The molecule has 0 saturated carbocycles. The lowest BCUT2D eigenvalue weighted by Crippen LogP contribution is -2.24. The lowest BCUT2D eigenvalue weighted by molar-refractivity contribution is 0.0946. The minimum absolute atomic E-state index is 0.0733. The summed E-state index contributed by atoms with van der Waals surface area (Å²) in [4.78, 5) is 12.0. The van der Waals surface area contributed by atoms with Crippen LogP contribution in [0.1, 0.15) is 32.9 Å². The smallest absolute Gasteiger partial charge is 0.254 e. The highest BCUT2D eigenvalue weighted by atomic mass is 19.1. The highest BCUT2D eigenvalue weighted by Crippen LogP contribution is 2.14. The van der Waals surface area contributed by atoms with Gasteiger partial charge in [-0.2, -0.15) is 5.10 Å². The quantitative estimate of drug-likeness (QED) is 0.935. The minimum atomic E-state index is -0.468. The maximum Gasteiger partial charge on any atom is 0.254 e. The second-order valence-corrected chi connectivity index (χ2v) is 4.89. The van der Waals surface area contributed by atoms with Crippen molar-refractivity contribution in [2.24, 2.45) is 7.05 Å². The van der Waals surface area contributed by atoms with E-state index in [1.807, 2.05) is 20.9 Å². The van der Waals surface area contributed by atoms with Crippen LogP contribution in [-0.4, -0.2) is 15.7 Å². The Bertz CT molecular complexity index is 661. The van der Waals surface area contributed by atoms with E-state index in [0.29, 0.717) is 12.1 Å². The van der Waals surface area contributed by atoms with Crippen molar-refractivity contribution < 1.29 is 9.18 Å². The Balaban J connectivity index is 2.15. The minimum Gasteiger partial charge on any atom is -0.348 e. The molecule has 1 amide bonds. The molecule has 0 fully saturated rings. The lowest BCUT2D eigenvalue weighted by atomic mass is 10.1. The van der Waals surface area contributed by atoms with E-state index in [1.165, 1.54) is 6.07 Å². The lowest BCUT2D eigenvalue weighted by Gasteiger charge is -2.08. The standard InChI is InChI=1S/C15H18FN3O/c1-9-6-5-7-12(14(9)16)15(20)17-8-13-10(2)18-19(4)11(13)3/h5-7H,8H2,1-4H3,(H,17,20). The molecule has 2 rings (SSSR count). The third kappa shape index (κ3) is 2.57. The Morgan fingerprint density at radius 3 is 2.65 bits per heavy atom. The Morgan fingerprint density at radius 1 is 1.35 bits per heavy atom. The van der Waals surface area contributed by atoms with Crippen LogP contribution >= 0.6 is 0 Å². The predicted molar refractivity (Wildman–Crippen MR) is 75.0 cm³/mol. The number of aromatic nitrogens is 2. The average molecular weight is 275 g/mol. The van der Waals surface area contributed by atoms with Crippen LogP contribution in [0.2, 0.25) is 0 Å². The van der Waals surface area contributed by atoms with Crippen LogP contribution in [0.3, 0.4) is 0 Å². The van der Waals surface area contributed by atoms with Gasteiger partial charge in [0.25, 0.3) is 5.91 Å². The van der Waals surface area contributed by atoms with E-state index in [2.05, 4.69) is 10.4 Å². The largest absolute Gasteiger partial charge is 0.348 e. The maximum atomic E-state index is 13.9. The molecule has 5 heteroatoms. The SMILES string of the molecule is Cc1cccc(C(=O)NCc2c(C)nn(C)c2C)c1F. The van der Waals surface area contributed by atoms with Gasteiger partial charge in [0.15, 0.2) is 0 Å². The molecule has 1 aromatic carbocycles. The van der Waals surface area contributed by atoms with Crippen molar-refractivity contribution in [3.8, 4) is 0 Å². The van der Waals surface area contributed by atoms with Crippen LogP contribution in [0.4, 0.5) is 4.39 Å². The fourth-order valence-corrected chi connectivity index (χ4v) is 2.16. The predicted octanol–water partition coefficient (Wildman–Crippen LogP) is 2.41. The van der Waals surface area contributed by atoms with E-state index in [1.54, 1.807) is 23.7 Å². The van der Waals surface area contributed by atoms with E-state index >= 15 is 0 Å². The molecule has 20 heavy (non-hydrogen) atoms. The van der Waals surface area contributed by atoms with Crippen molar-refractivity contribution in [1.82, 2.24) is 15.1 Å². The van der Waals surface area contributed by atoms with Crippen molar-refractivity contribution in [3.63, 3.8) is 0 Å². The molecule has 4 nitrogen and oxygen atoms in total. The van der Waals surface area contributed by atoms with Gasteiger partial charge in [-0.05, 0) is 32.4 Å². The number of nitrogens with one attached hydrogen (secondary N) is 1. The summed E-state index contributed by atoms with van der Waals surface area (Å²) >= 11 is 0. The molecule has 1 heterocycles. The molecule has 0 saturated heterocycles. The Kier molecular flexibility index (Phi) is 3.88. The molecule has 0 atom stereocenters. The molecule has 0 aliphatic carbocycles. The highest BCUT2D eigenvalue weighted by Gasteiger charge is 2.15. The molecule has 0 aliphatic rings. The molecule has 0 radical (unpaired) electrons. The van der Waals surface area contributed by atoms with Crippen LogP contribution < -0.4 is 5.32 Å². The Hall–Kier alpha value is -2.17. The first-order valence-electron chi connectivity index (χ1n) is 6.44. The van der Waals surface area contributed by atoms with Crippen LogP contribution in [0.25, 0.3) is 0 Å². The summed E-state index contributed by atoms with van der Waals surface area (Å²) in [5.41, 5.74) is 3.37.